The average molecular weight is 351 g/mol. The molecule has 3 nitrogen and oxygen atoms in total. The maximum atomic E-state index is 13.4. The van der Waals surface area contributed by atoms with Crippen LogP contribution in [-0.2, 0) is 27.8 Å². The van der Waals surface area contributed by atoms with Gasteiger partial charge in [-0.1, -0.05) is 48.5 Å². The predicted octanol–water partition coefficient (Wildman–Crippen LogP) is 4.27. The first-order chi connectivity index (χ1) is 11.8. The van der Waals surface area contributed by atoms with E-state index in [4.69, 9.17) is 4.74 Å². The van der Waals surface area contributed by atoms with E-state index in [1.165, 1.54) is 25.1 Å². The minimum absolute atomic E-state index is 0.0790. The number of ether oxygens (including phenoxy) is 1. The van der Waals surface area contributed by atoms with Crippen molar-refractivity contribution in [2.75, 3.05) is 6.61 Å². The number of hydrogen-bond donors (Lipinski definition) is 1. The van der Waals surface area contributed by atoms with Crippen LogP contribution in [0.4, 0.5) is 13.2 Å². The Labute approximate surface area is 144 Å². The topological polar surface area (TPSA) is 38.3 Å². The summed E-state index contributed by atoms with van der Waals surface area (Å²) < 4.78 is 45.3. The molecule has 2 aromatic rings. The first kappa shape index (κ1) is 19.0. The fourth-order valence-corrected chi connectivity index (χ4v) is 2.59. The Balaban J connectivity index is 2.44. The van der Waals surface area contributed by atoms with Gasteiger partial charge in [-0.05, 0) is 31.0 Å². The minimum atomic E-state index is -4.57. The van der Waals surface area contributed by atoms with E-state index >= 15 is 0 Å². The zero-order chi connectivity index (χ0) is 18.5. The number of hydrogen-bond acceptors (Lipinski definition) is 3. The molecule has 25 heavy (non-hydrogen) atoms. The zero-order valence-electron chi connectivity index (χ0n) is 14.1. The van der Waals surface area contributed by atoms with Crippen LogP contribution in [0.25, 0.3) is 0 Å². The molecule has 0 aromatic heterocycles. The molecule has 0 aliphatic carbocycles. The SMILES string of the molecule is CCOC(=O)C(C)(NCc1ccccc1)c1ccccc1C(F)(F)F. The van der Waals surface area contributed by atoms with E-state index in [1.807, 2.05) is 30.3 Å². The van der Waals surface area contributed by atoms with E-state index in [0.29, 0.717) is 0 Å². The van der Waals surface area contributed by atoms with Crippen molar-refractivity contribution in [3.8, 4) is 0 Å². The fourth-order valence-electron chi connectivity index (χ4n) is 2.59. The summed E-state index contributed by atoms with van der Waals surface area (Å²) in [6.45, 7) is 3.33. The number of rotatable bonds is 6. The van der Waals surface area contributed by atoms with Crippen LogP contribution in [0.2, 0.25) is 0 Å². The van der Waals surface area contributed by atoms with Gasteiger partial charge in [0.1, 0.15) is 5.54 Å². The van der Waals surface area contributed by atoms with Gasteiger partial charge in [-0.3, -0.25) is 5.32 Å². The van der Waals surface area contributed by atoms with Crippen molar-refractivity contribution in [3.63, 3.8) is 0 Å². The highest BCUT2D eigenvalue weighted by Gasteiger charge is 2.44. The third kappa shape index (κ3) is 4.39. The van der Waals surface area contributed by atoms with Crippen molar-refractivity contribution in [1.82, 2.24) is 5.32 Å². The van der Waals surface area contributed by atoms with Gasteiger partial charge in [0.25, 0.3) is 0 Å². The molecule has 1 unspecified atom stereocenters. The molecular weight excluding hydrogens is 331 g/mol. The summed E-state index contributed by atoms with van der Waals surface area (Å²) in [6.07, 6.45) is -4.57. The van der Waals surface area contributed by atoms with Crippen LogP contribution < -0.4 is 5.32 Å². The van der Waals surface area contributed by atoms with Crippen molar-refractivity contribution in [3.05, 3.63) is 71.3 Å². The van der Waals surface area contributed by atoms with Gasteiger partial charge in [0.15, 0.2) is 0 Å². The summed E-state index contributed by atoms with van der Waals surface area (Å²) in [5.74, 6) is -0.748. The lowest BCUT2D eigenvalue weighted by Gasteiger charge is -2.31. The number of carbonyl (C=O) groups is 1. The summed E-state index contributed by atoms with van der Waals surface area (Å²) in [5, 5.41) is 2.95. The Morgan fingerprint density at radius 2 is 1.56 bits per heavy atom. The standard InChI is InChI=1S/C19H20F3NO2/c1-3-25-17(24)18(2,23-13-14-9-5-4-6-10-14)15-11-7-8-12-16(15)19(20,21)22/h4-12,23H,3,13H2,1-2H3. The number of nitrogens with one attached hydrogen (secondary N) is 1. The highest BCUT2D eigenvalue weighted by molar-refractivity contribution is 5.82. The zero-order valence-corrected chi connectivity index (χ0v) is 14.1. The second-order valence-corrected chi connectivity index (χ2v) is 5.73. The van der Waals surface area contributed by atoms with Gasteiger partial charge < -0.3 is 4.74 Å². The first-order valence-electron chi connectivity index (χ1n) is 7.92. The summed E-state index contributed by atoms with van der Waals surface area (Å²) in [5.41, 5.74) is -1.79. The average Bonchev–Trinajstić information content (AvgIpc) is 2.60. The Kier molecular flexibility index (Phi) is 5.85. The second-order valence-electron chi connectivity index (χ2n) is 5.73. The van der Waals surface area contributed by atoms with E-state index in [1.54, 1.807) is 6.92 Å². The maximum absolute atomic E-state index is 13.4. The minimum Gasteiger partial charge on any atom is -0.464 e. The molecule has 6 heteroatoms. The van der Waals surface area contributed by atoms with Crippen LogP contribution >= 0.6 is 0 Å². The summed E-state index contributed by atoms with van der Waals surface area (Å²) in [6, 6.07) is 14.2. The van der Waals surface area contributed by atoms with Crippen LogP contribution in [0.1, 0.15) is 30.5 Å². The van der Waals surface area contributed by atoms with Gasteiger partial charge in [0, 0.05) is 6.54 Å². The molecule has 0 bridgehead atoms. The molecule has 134 valence electrons. The summed E-state index contributed by atoms with van der Waals surface area (Å²) >= 11 is 0. The molecule has 0 amide bonds. The number of alkyl halides is 3. The lowest BCUT2D eigenvalue weighted by molar-refractivity contribution is -0.152. The van der Waals surface area contributed by atoms with Crippen molar-refractivity contribution in [2.45, 2.75) is 32.1 Å². The quantitative estimate of drug-likeness (QED) is 0.790. The van der Waals surface area contributed by atoms with Crippen molar-refractivity contribution < 1.29 is 22.7 Å². The Hall–Kier alpha value is -2.34. The Morgan fingerprint density at radius 1 is 1.00 bits per heavy atom. The smallest absolute Gasteiger partial charge is 0.416 e. The van der Waals surface area contributed by atoms with Gasteiger partial charge in [0.05, 0.1) is 12.2 Å². The fraction of sp³-hybridized carbons (Fsp3) is 0.316. The normalized spacial score (nSPS) is 14.0. The van der Waals surface area contributed by atoms with Crippen LogP contribution in [0.3, 0.4) is 0 Å². The molecule has 0 aliphatic rings. The van der Waals surface area contributed by atoms with Gasteiger partial charge in [0.2, 0.25) is 0 Å². The molecule has 0 saturated heterocycles. The van der Waals surface area contributed by atoms with E-state index in [-0.39, 0.29) is 18.7 Å². The molecule has 1 N–H and O–H groups in total. The molecule has 1 atom stereocenters. The van der Waals surface area contributed by atoms with E-state index in [0.717, 1.165) is 11.6 Å². The molecule has 0 saturated carbocycles. The van der Waals surface area contributed by atoms with E-state index in [9.17, 15) is 18.0 Å². The monoisotopic (exact) mass is 351 g/mol. The number of benzene rings is 2. The van der Waals surface area contributed by atoms with Gasteiger partial charge in [-0.2, -0.15) is 13.2 Å². The highest BCUT2D eigenvalue weighted by atomic mass is 19.4. The van der Waals surface area contributed by atoms with Crippen molar-refractivity contribution >= 4 is 5.97 Å². The Bertz CT molecular complexity index is 716. The highest BCUT2D eigenvalue weighted by Crippen LogP contribution is 2.37. The van der Waals surface area contributed by atoms with Crippen molar-refractivity contribution in [2.24, 2.45) is 0 Å². The molecule has 2 rings (SSSR count). The van der Waals surface area contributed by atoms with Crippen LogP contribution in [-0.4, -0.2) is 12.6 Å². The van der Waals surface area contributed by atoms with E-state index < -0.39 is 23.2 Å². The molecule has 0 radical (unpaired) electrons. The second kappa shape index (κ2) is 7.70. The van der Waals surface area contributed by atoms with Crippen LogP contribution in [0.15, 0.2) is 54.6 Å². The molecule has 0 spiro atoms. The molecular formula is C19H20F3NO2. The summed E-state index contributed by atoms with van der Waals surface area (Å²) in [7, 11) is 0. The predicted molar refractivity (Wildman–Crippen MR) is 88.7 cm³/mol. The largest absolute Gasteiger partial charge is 0.464 e. The number of halogens is 3. The van der Waals surface area contributed by atoms with Crippen molar-refractivity contribution in [1.29, 1.82) is 0 Å². The lowest BCUT2D eigenvalue weighted by atomic mass is 9.87. The number of carbonyl (C=O) groups excluding carboxylic acids is 1. The molecule has 2 aromatic carbocycles. The molecule has 0 aliphatic heterocycles. The lowest BCUT2D eigenvalue weighted by Crippen LogP contribution is -2.48. The van der Waals surface area contributed by atoms with Gasteiger partial charge in [-0.25, -0.2) is 4.79 Å². The third-order valence-corrected chi connectivity index (χ3v) is 3.94. The maximum Gasteiger partial charge on any atom is 0.416 e. The number of esters is 1. The molecule has 0 heterocycles. The Morgan fingerprint density at radius 3 is 2.12 bits per heavy atom. The van der Waals surface area contributed by atoms with Gasteiger partial charge in [-0.15, -0.1) is 0 Å². The first-order valence-corrected chi connectivity index (χ1v) is 7.92. The third-order valence-electron chi connectivity index (χ3n) is 3.94. The van der Waals surface area contributed by atoms with Crippen LogP contribution in [0.5, 0.6) is 0 Å². The molecule has 0 fully saturated rings. The van der Waals surface area contributed by atoms with Gasteiger partial charge >= 0.3 is 12.1 Å². The summed E-state index contributed by atoms with van der Waals surface area (Å²) in [4.78, 5) is 12.5. The van der Waals surface area contributed by atoms with Crippen LogP contribution in [0, 0.1) is 0 Å². The van der Waals surface area contributed by atoms with E-state index in [2.05, 4.69) is 5.32 Å².